The fraction of sp³-hybridized carbons (Fsp3) is 0.375. The van der Waals surface area contributed by atoms with Crippen molar-refractivity contribution in [1.29, 1.82) is 0 Å². The SMILES string of the molecule is CCCc1ccc(-c2cc(Cl)nc(COCC)n2)cc1. The minimum atomic E-state index is 0.387. The van der Waals surface area contributed by atoms with Gasteiger partial charge in [0.2, 0.25) is 0 Å². The summed E-state index contributed by atoms with van der Waals surface area (Å²) in [6.45, 7) is 5.14. The van der Waals surface area contributed by atoms with Gasteiger partial charge in [0, 0.05) is 18.2 Å². The van der Waals surface area contributed by atoms with Crippen LogP contribution in [0.1, 0.15) is 31.7 Å². The molecular formula is C16H19ClN2O. The third-order valence-electron chi connectivity index (χ3n) is 2.96. The number of nitrogens with zero attached hydrogens (tertiary/aromatic N) is 2. The largest absolute Gasteiger partial charge is 0.374 e. The minimum Gasteiger partial charge on any atom is -0.374 e. The molecule has 0 N–H and O–H groups in total. The Labute approximate surface area is 125 Å². The van der Waals surface area contributed by atoms with Gasteiger partial charge < -0.3 is 4.74 Å². The van der Waals surface area contributed by atoms with Crippen LogP contribution < -0.4 is 0 Å². The van der Waals surface area contributed by atoms with Crippen LogP contribution in [0.5, 0.6) is 0 Å². The van der Waals surface area contributed by atoms with E-state index in [1.807, 2.05) is 6.92 Å². The summed E-state index contributed by atoms with van der Waals surface area (Å²) in [5.74, 6) is 0.618. The zero-order valence-corrected chi connectivity index (χ0v) is 12.7. The highest BCUT2D eigenvalue weighted by atomic mass is 35.5. The standard InChI is InChI=1S/C16H19ClN2O/c1-3-5-12-6-8-13(9-7-12)14-10-15(17)19-16(18-14)11-20-4-2/h6-10H,3-5,11H2,1-2H3. The highest BCUT2D eigenvalue weighted by Crippen LogP contribution is 2.21. The predicted molar refractivity (Wildman–Crippen MR) is 81.8 cm³/mol. The molecule has 106 valence electrons. The second-order valence-electron chi connectivity index (χ2n) is 4.58. The van der Waals surface area contributed by atoms with E-state index in [0.717, 1.165) is 24.1 Å². The smallest absolute Gasteiger partial charge is 0.156 e. The third-order valence-corrected chi connectivity index (χ3v) is 3.16. The lowest BCUT2D eigenvalue weighted by Crippen LogP contribution is -2.00. The van der Waals surface area contributed by atoms with E-state index in [1.165, 1.54) is 5.56 Å². The first-order valence-corrected chi connectivity index (χ1v) is 7.31. The minimum absolute atomic E-state index is 0.387. The Kier molecular flexibility index (Phi) is 5.50. The lowest BCUT2D eigenvalue weighted by atomic mass is 10.1. The predicted octanol–water partition coefficient (Wildman–Crippen LogP) is 4.29. The molecule has 0 aliphatic rings. The van der Waals surface area contributed by atoms with Crippen molar-refractivity contribution in [2.75, 3.05) is 6.61 Å². The lowest BCUT2D eigenvalue weighted by Gasteiger charge is -2.06. The number of halogens is 1. The van der Waals surface area contributed by atoms with Gasteiger partial charge in [-0.05, 0) is 18.9 Å². The normalized spacial score (nSPS) is 10.8. The van der Waals surface area contributed by atoms with Gasteiger partial charge in [-0.25, -0.2) is 9.97 Å². The van der Waals surface area contributed by atoms with Crippen molar-refractivity contribution < 1.29 is 4.74 Å². The maximum Gasteiger partial charge on any atom is 0.156 e. The molecule has 0 aliphatic carbocycles. The van der Waals surface area contributed by atoms with Gasteiger partial charge in [0.25, 0.3) is 0 Å². The molecule has 4 heteroatoms. The fourth-order valence-corrected chi connectivity index (χ4v) is 2.20. The molecule has 0 saturated carbocycles. The van der Waals surface area contributed by atoms with E-state index in [1.54, 1.807) is 6.07 Å². The van der Waals surface area contributed by atoms with Crippen LogP contribution in [0.25, 0.3) is 11.3 Å². The van der Waals surface area contributed by atoms with Gasteiger partial charge in [-0.3, -0.25) is 0 Å². The fourth-order valence-electron chi connectivity index (χ4n) is 2.00. The summed E-state index contributed by atoms with van der Waals surface area (Å²) < 4.78 is 5.33. The first-order valence-electron chi connectivity index (χ1n) is 6.93. The van der Waals surface area contributed by atoms with E-state index in [0.29, 0.717) is 24.2 Å². The molecule has 20 heavy (non-hydrogen) atoms. The van der Waals surface area contributed by atoms with E-state index >= 15 is 0 Å². The molecule has 0 atom stereocenters. The summed E-state index contributed by atoms with van der Waals surface area (Å²) in [6, 6.07) is 10.2. The van der Waals surface area contributed by atoms with Crippen LogP contribution in [-0.4, -0.2) is 16.6 Å². The van der Waals surface area contributed by atoms with Crippen LogP contribution in [0.3, 0.4) is 0 Å². The molecule has 1 aromatic carbocycles. The van der Waals surface area contributed by atoms with Crippen molar-refractivity contribution in [2.45, 2.75) is 33.3 Å². The van der Waals surface area contributed by atoms with E-state index in [-0.39, 0.29) is 0 Å². The molecular weight excluding hydrogens is 272 g/mol. The zero-order chi connectivity index (χ0) is 14.4. The van der Waals surface area contributed by atoms with Crippen molar-refractivity contribution in [2.24, 2.45) is 0 Å². The topological polar surface area (TPSA) is 35.0 Å². The molecule has 1 heterocycles. The molecule has 0 amide bonds. The van der Waals surface area contributed by atoms with E-state index < -0.39 is 0 Å². The number of aryl methyl sites for hydroxylation is 1. The van der Waals surface area contributed by atoms with Crippen LogP contribution in [0.4, 0.5) is 0 Å². The Bertz CT molecular complexity index is 555. The van der Waals surface area contributed by atoms with Crippen LogP contribution in [-0.2, 0) is 17.8 Å². The molecule has 2 rings (SSSR count). The summed E-state index contributed by atoms with van der Waals surface area (Å²) in [5, 5.41) is 0.447. The number of hydrogen-bond acceptors (Lipinski definition) is 3. The summed E-state index contributed by atoms with van der Waals surface area (Å²) >= 11 is 6.05. The van der Waals surface area contributed by atoms with Crippen LogP contribution in [0.2, 0.25) is 5.15 Å². The Morgan fingerprint density at radius 3 is 2.50 bits per heavy atom. The monoisotopic (exact) mass is 290 g/mol. The van der Waals surface area contributed by atoms with Crippen LogP contribution >= 0.6 is 11.6 Å². The number of hydrogen-bond donors (Lipinski definition) is 0. The van der Waals surface area contributed by atoms with Gasteiger partial charge in [-0.1, -0.05) is 49.2 Å². The van der Waals surface area contributed by atoms with Crippen molar-refractivity contribution in [3.8, 4) is 11.3 Å². The Balaban J connectivity index is 2.24. The van der Waals surface area contributed by atoms with E-state index in [4.69, 9.17) is 16.3 Å². The van der Waals surface area contributed by atoms with E-state index in [9.17, 15) is 0 Å². The molecule has 0 bridgehead atoms. The maximum absolute atomic E-state index is 6.05. The zero-order valence-electron chi connectivity index (χ0n) is 11.9. The second kappa shape index (κ2) is 7.36. The van der Waals surface area contributed by atoms with Gasteiger partial charge in [0.15, 0.2) is 5.82 Å². The molecule has 2 aromatic rings. The van der Waals surface area contributed by atoms with Gasteiger partial charge in [-0.15, -0.1) is 0 Å². The molecule has 0 saturated heterocycles. The quantitative estimate of drug-likeness (QED) is 0.745. The van der Waals surface area contributed by atoms with Crippen LogP contribution in [0, 0.1) is 0 Å². The summed E-state index contributed by atoms with van der Waals surface area (Å²) in [5.41, 5.74) is 3.22. The third kappa shape index (κ3) is 4.02. The number of rotatable bonds is 6. The Morgan fingerprint density at radius 2 is 1.85 bits per heavy atom. The summed E-state index contributed by atoms with van der Waals surface area (Å²) in [4.78, 5) is 8.67. The molecule has 0 spiro atoms. The molecule has 0 fully saturated rings. The first-order chi connectivity index (χ1) is 9.72. The molecule has 0 aliphatic heterocycles. The second-order valence-corrected chi connectivity index (χ2v) is 4.96. The van der Waals surface area contributed by atoms with Gasteiger partial charge in [0.05, 0.1) is 5.69 Å². The Hall–Kier alpha value is -1.45. The van der Waals surface area contributed by atoms with Crippen LogP contribution in [0.15, 0.2) is 30.3 Å². The van der Waals surface area contributed by atoms with Gasteiger partial charge >= 0.3 is 0 Å². The number of ether oxygens (including phenoxy) is 1. The number of aromatic nitrogens is 2. The van der Waals surface area contributed by atoms with Crippen molar-refractivity contribution in [1.82, 2.24) is 9.97 Å². The maximum atomic E-state index is 6.05. The van der Waals surface area contributed by atoms with Crippen molar-refractivity contribution in [3.05, 3.63) is 46.9 Å². The number of benzene rings is 1. The average molecular weight is 291 g/mol. The van der Waals surface area contributed by atoms with E-state index in [2.05, 4.69) is 41.2 Å². The highest BCUT2D eigenvalue weighted by Gasteiger charge is 2.06. The van der Waals surface area contributed by atoms with Gasteiger partial charge in [0.1, 0.15) is 11.8 Å². The van der Waals surface area contributed by atoms with Gasteiger partial charge in [-0.2, -0.15) is 0 Å². The molecule has 3 nitrogen and oxygen atoms in total. The average Bonchev–Trinajstić information content (AvgIpc) is 2.46. The van der Waals surface area contributed by atoms with Crippen molar-refractivity contribution in [3.63, 3.8) is 0 Å². The first kappa shape index (κ1) is 14.9. The highest BCUT2D eigenvalue weighted by molar-refractivity contribution is 6.29. The Morgan fingerprint density at radius 1 is 1.10 bits per heavy atom. The summed E-state index contributed by atoms with van der Waals surface area (Å²) in [7, 11) is 0. The molecule has 1 aromatic heterocycles. The lowest BCUT2D eigenvalue weighted by molar-refractivity contribution is 0.128. The molecule has 0 radical (unpaired) electrons. The van der Waals surface area contributed by atoms with Crippen molar-refractivity contribution >= 4 is 11.6 Å². The molecule has 0 unspecified atom stereocenters. The summed E-state index contributed by atoms with van der Waals surface area (Å²) in [6.07, 6.45) is 2.25.